The molecule has 1 aliphatic rings. The normalized spacial score (nSPS) is 16.2. The maximum absolute atomic E-state index is 13.1. The number of nitro benzene ring substituents is 1. The Morgan fingerprint density at radius 1 is 1.22 bits per heavy atom. The van der Waals surface area contributed by atoms with Crippen molar-refractivity contribution in [2.45, 2.75) is 18.9 Å². The Morgan fingerprint density at radius 2 is 2.00 bits per heavy atom. The van der Waals surface area contributed by atoms with Crippen molar-refractivity contribution in [3.05, 3.63) is 57.6 Å². The van der Waals surface area contributed by atoms with Gasteiger partial charge >= 0.3 is 0 Å². The average molecular weight is 371 g/mol. The summed E-state index contributed by atoms with van der Waals surface area (Å²) in [6.07, 6.45) is 1.60. The fourth-order valence-corrected chi connectivity index (χ4v) is 3.43. The number of nitrogens with zero attached hydrogens (tertiary/aromatic N) is 2. The lowest BCUT2D eigenvalue weighted by molar-refractivity contribution is -0.383. The van der Waals surface area contributed by atoms with E-state index < -0.39 is 4.92 Å². The molecule has 8 heteroatoms. The number of amides is 1. The molecule has 1 saturated heterocycles. The SMILES string of the molecule is COc1ccc(OC)c(C2CCCN2C(=O)c2ccc(N)c([N+](=O)[O-])c2)c1. The Balaban J connectivity index is 1.96. The molecule has 1 fully saturated rings. The highest BCUT2D eigenvalue weighted by atomic mass is 16.6. The zero-order chi connectivity index (χ0) is 19.6. The Bertz CT molecular complexity index is 884. The van der Waals surface area contributed by atoms with Gasteiger partial charge in [-0.25, -0.2) is 0 Å². The number of anilines is 1. The van der Waals surface area contributed by atoms with Crippen LogP contribution in [0, 0.1) is 10.1 Å². The first-order valence-corrected chi connectivity index (χ1v) is 8.53. The van der Waals surface area contributed by atoms with E-state index in [1.807, 2.05) is 12.1 Å². The smallest absolute Gasteiger partial charge is 0.292 e. The number of benzene rings is 2. The van der Waals surface area contributed by atoms with Gasteiger partial charge in [-0.05, 0) is 43.2 Å². The van der Waals surface area contributed by atoms with E-state index in [1.165, 1.54) is 18.2 Å². The number of nitrogen functional groups attached to an aromatic ring is 1. The highest BCUT2D eigenvalue weighted by molar-refractivity contribution is 5.96. The van der Waals surface area contributed by atoms with Crippen molar-refractivity contribution in [2.24, 2.45) is 0 Å². The molecule has 0 radical (unpaired) electrons. The molecular weight excluding hydrogens is 350 g/mol. The van der Waals surface area contributed by atoms with E-state index in [4.69, 9.17) is 15.2 Å². The standard InChI is InChI=1S/C19H21N3O5/c1-26-13-6-8-18(27-2)14(11-13)16-4-3-9-21(16)19(23)12-5-7-15(20)17(10-12)22(24)25/h5-8,10-11,16H,3-4,9,20H2,1-2H3. The molecule has 1 amide bonds. The molecule has 2 aromatic carbocycles. The van der Waals surface area contributed by atoms with Gasteiger partial charge < -0.3 is 20.1 Å². The largest absolute Gasteiger partial charge is 0.497 e. The summed E-state index contributed by atoms with van der Waals surface area (Å²) in [6, 6.07) is 9.41. The summed E-state index contributed by atoms with van der Waals surface area (Å²) in [5, 5.41) is 11.1. The predicted octanol–water partition coefficient (Wildman–Crippen LogP) is 3.17. The van der Waals surface area contributed by atoms with Crippen LogP contribution in [-0.4, -0.2) is 36.5 Å². The molecule has 1 unspecified atom stereocenters. The molecule has 8 nitrogen and oxygen atoms in total. The number of methoxy groups -OCH3 is 2. The number of ether oxygens (including phenoxy) is 2. The highest BCUT2D eigenvalue weighted by Crippen LogP contribution is 2.39. The molecule has 3 rings (SSSR count). The van der Waals surface area contributed by atoms with Crippen LogP contribution in [0.1, 0.15) is 34.8 Å². The number of likely N-dealkylation sites (tertiary alicyclic amines) is 1. The minimum Gasteiger partial charge on any atom is -0.497 e. The van der Waals surface area contributed by atoms with Crippen molar-refractivity contribution in [1.29, 1.82) is 0 Å². The van der Waals surface area contributed by atoms with Crippen LogP contribution in [0.4, 0.5) is 11.4 Å². The van der Waals surface area contributed by atoms with Crippen LogP contribution < -0.4 is 15.2 Å². The maximum Gasteiger partial charge on any atom is 0.292 e. The first-order chi connectivity index (χ1) is 13.0. The zero-order valence-electron chi connectivity index (χ0n) is 15.2. The van der Waals surface area contributed by atoms with Gasteiger partial charge in [-0.15, -0.1) is 0 Å². The van der Waals surface area contributed by atoms with Crippen LogP contribution in [0.15, 0.2) is 36.4 Å². The second-order valence-corrected chi connectivity index (χ2v) is 6.30. The molecule has 0 bridgehead atoms. The number of nitro groups is 1. The minimum absolute atomic E-state index is 0.0315. The number of carbonyl (C=O) groups excluding carboxylic acids is 1. The number of hydrogen-bond acceptors (Lipinski definition) is 6. The Morgan fingerprint density at radius 3 is 2.67 bits per heavy atom. The van der Waals surface area contributed by atoms with Gasteiger partial charge in [0.05, 0.1) is 25.2 Å². The lowest BCUT2D eigenvalue weighted by atomic mass is 10.0. The van der Waals surface area contributed by atoms with Gasteiger partial charge in [0.1, 0.15) is 17.2 Å². The van der Waals surface area contributed by atoms with Gasteiger partial charge in [0.25, 0.3) is 11.6 Å². The van der Waals surface area contributed by atoms with Crippen LogP contribution in [-0.2, 0) is 0 Å². The number of nitrogens with two attached hydrogens (primary N) is 1. The summed E-state index contributed by atoms with van der Waals surface area (Å²) in [5.41, 5.74) is 6.49. The summed E-state index contributed by atoms with van der Waals surface area (Å²) < 4.78 is 10.8. The van der Waals surface area contributed by atoms with Crippen molar-refractivity contribution < 1.29 is 19.2 Å². The number of carbonyl (C=O) groups is 1. The molecule has 0 spiro atoms. The molecule has 142 valence electrons. The molecule has 0 aromatic heterocycles. The van der Waals surface area contributed by atoms with E-state index in [0.29, 0.717) is 18.0 Å². The molecule has 0 saturated carbocycles. The van der Waals surface area contributed by atoms with Crippen LogP contribution >= 0.6 is 0 Å². The second kappa shape index (κ2) is 7.53. The second-order valence-electron chi connectivity index (χ2n) is 6.30. The van der Waals surface area contributed by atoms with Crippen molar-refractivity contribution in [1.82, 2.24) is 4.90 Å². The number of rotatable bonds is 5. The third-order valence-corrected chi connectivity index (χ3v) is 4.78. The molecule has 27 heavy (non-hydrogen) atoms. The van der Waals surface area contributed by atoms with Crippen LogP contribution in [0.3, 0.4) is 0 Å². The van der Waals surface area contributed by atoms with Crippen LogP contribution in [0.25, 0.3) is 0 Å². The van der Waals surface area contributed by atoms with E-state index in [-0.39, 0.29) is 28.9 Å². The fourth-order valence-electron chi connectivity index (χ4n) is 3.43. The highest BCUT2D eigenvalue weighted by Gasteiger charge is 2.33. The molecule has 1 atom stereocenters. The summed E-state index contributed by atoms with van der Waals surface area (Å²) in [5.74, 6) is 1.07. The Labute approximate surface area is 156 Å². The van der Waals surface area contributed by atoms with Gasteiger partial charge in [0.2, 0.25) is 0 Å². The molecule has 1 aliphatic heterocycles. The predicted molar refractivity (Wildman–Crippen MR) is 100 cm³/mol. The third-order valence-electron chi connectivity index (χ3n) is 4.78. The van der Waals surface area contributed by atoms with E-state index in [0.717, 1.165) is 18.4 Å². The molecule has 0 aliphatic carbocycles. The third kappa shape index (κ3) is 3.51. The van der Waals surface area contributed by atoms with E-state index >= 15 is 0 Å². The van der Waals surface area contributed by atoms with Crippen LogP contribution in [0.2, 0.25) is 0 Å². The summed E-state index contributed by atoms with van der Waals surface area (Å²) >= 11 is 0. The lowest BCUT2D eigenvalue weighted by Gasteiger charge is -2.26. The molecule has 2 aromatic rings. The zero-order valence-corrected chi connectivity index (χ0v) is 15.2. The molecule has 2 N–H and O–H groups in total. The van der Waals surface area contributed by atoms with Gasteiger partial charge in [-0.1, -0.05) is 0 Å². The van der Waals surface area contributed by atoms with Gasteiger partial charge in [-0.2, -0.15) is 0 Å². The molecule has 1 heterocycles. The molecular formula is C19H21N3O5. The van der Waals surface area contributed by atoms with Gasteiger partial charge in [0, 0.05) is 23.7 Å². The summed E-state index contributed by atoms with van der Waals surface area (Å²) in [4.78, 5) is 25.3. The lowest BCUT2D eigenvalue weighted by Crippen LogP contribution is -2.30. The fraction of sp³-hybridized carbons (Fsp3) is 0.316. The van der Waals surface area contributed by atoms with Gasteiger partial charge in [-0.3, -0.25) is 14.9 Å². The van der Waals surface area contributed by atoms with Crippen LogP contribution in [0.5, 0.6) is 11.5 Å². The summed E-state index contributed by atoms with van der Waals surface area (Å²) in [6.45, 7) is 0.558. The Kier molecular flexibility index (Phi) is 5.16. The summed E-state index contributed by atoms with van der Waals surface area (Å²) in [7, 11) is 3.16. The van der Waals surface area contributed by atoms with Crippen molar-refractivity contribution in [2.75, 3.05) is 26.5 Å². The average Bonchev–Trinajstić information content (AvgIpc) is 3.16. The topological polar surface area (TPSA) is 108 Å². The van der Waals surface area contributed by atoms with Crippen molar-refractivity contribution in [3.63, 3.8) is 0 Å². The van der Waals surface area contributed by atoms with E-state index in [2.05, 4.69) is 0 Å². The van der Waals surface area contributed by atoms with Crippen molar-refractivity contribution in [3.8, 4) is 11.5 Å². The minimum atomic E-state index is -0.585. The monoisotopic (exact) mass is 371 g/mol. The van der Waals surface area contributed by atoms with E-state index in [1.54, 1.807) is 25.2 Å². The first kappa shape index (κ1) is 18.5. The quantitative estimate of drug-likeness (QED) is 0.491. The maximum atomic E-state index is 13.1. The van der Waals surface area contributed by atoms with Crippen molar-refractivity contribution >= 4 is 17.3 Å². The Hall–Kier alpha value is -3.29. The number of hydrogen-bond donors (Lipinski definition) is 1. The van der Waals surface area contributed by atoms with E-state index in [9.17, 15) is 14.9 Å². The first-order valence-electron chi connectivity index (χ1n) is 8.53. The van der Waals surface area contributed by atoms with Gasteiger partial charge in [0.15, 0.2) is 0 Å².